The van der Waals surface area contributed by atoms with Gasteiger partial charge in [-0.2, -0.15) is 5.26 Å². The van der Waals surface area contributed by atoms with Gasteiger partial charge in [0.15, 0.2) is 0 Å². The summed E-state index contributed by atoms with van der Waals surface area (Å²) < 4.78 is 0. The number of nitriles is 1. The highest BCUT2D eigenvalue weighted by Gasteiger charge is 2.24. The summed E-state index contributed by atoms with van der Waals surface area (Å²) in [6.45, 7) is 0. The van der Waals surface area contributed by atoms with Gasteiger partial charge in [0.2, 0.25) is 0 Å². The molecule has 1 aliphatic rings. The molecule has 1 aromatic rings. The van der Waals surface area contributed by atoms with Crippen molar-refractivity contribution in [3.8, 4) is 6.07 Å². The smallest absolute Gasteiger partial charge is 0.0740 e. The van der Waals surface area contributed by atoms with Crippen molar-refractivity contribution in [2.24, 2.45) is 5.92 Å². The van der Waals surface area contributed by atoms with Gasteiger partial charge < -0.3 is 0 Å². The van der Waals surface area contributed by atoms with Crippen LogP contribution in [0.25, 0.3) is 0 Å². The van der Waals surface area contributed by atoms with Crippen molar-refractivity contribution < 1.29 is 0 Å². The number of benzene rings is 1. The molecule has 1 saturated carbocycles. The van der Waals surface area contributed by atoms with E-state index in [1.807, 2.05) is 18.2 Å². The molecule has 15 heavy (non-hydrogen) atoms. The van der Waals surface area contributed by atoms with E-state index in [-0.39, 0.29) is 5.92 Å². The number of rotatable bonds is 2. The quantitative estimate of drug-likeness (QED) is 0.709. The molecule has 0 amide bonds. The molecule has 1 nitrogen and oxygen atoms in total. The Morgan fingerprint density at radius 1 is 1.07 bits per heavy atom. The maximum absolute atomic E-state index is 9.28. The second-order valence-corrected chi connectivity index (χ2v) is 4.42. The lowest BCUT2D eigenvalue weighted by Gasteiger charge is -2.25. The average Bonchev–Trinajstić information content (AvgIpc) is 2.33. The van der Waals surface area contributed by atoms with Crippen molar-refractivity contribution >= 4 is 0 Å². The molecule has 0 unspecified atom stereocenters. The second-order valence-electron chi connectivity index (χ2n) is 4.42. The van der Waals surface area contributed by atoms with Gasteiger partial charge in [-0.05, 0) is 24.3 Å². The van der Waals surface area contributed by atoms with E-state index in [9.17, 15) is 5.26 Å². The van der Waals surface area contributed by atoms with E-state index >= 15 is 0 Å². The van der Waals surface area contributed by atoms with Gasteiger partial charge in [-0.3, -0.25) is 0 Å². The Balaban J connectivity index is 2.14. The molecule has 1 aromatic carbocycles. The van der Waals surface area contributed by atoms with E-state index in [2.05, 4.69) is 18.2 Å². The van der Waals surface area contributed by atoms with E-state index in [0.717, 1.165) is 0 Å². The van der Waals surface area contributed by atoms with Crippen LogP contribution in [-0.4, -0.2) is 0 Å². The van der Waals surface area contributed by atoms with E-state index in [4.69, 9.17) is 0 Å². The lowest BCUT2D eigenvalue weighted by molar-refractivity contribution is 0.335. The van der Waals surface area contributed by atoms with Crippen LogP contribution < -0.4 is 0 Å². The zero-order valence-electron chi connectivity index (χ0n) is 9.02. The first-order valence-electron chi connectivity index (χ1n) is 5.86. The van der Waals surface area contributed by atoms with Crippen LogP contribution in [0.4, 0.5) is 0 Å². The average molecular weight is 199 g/mol. The first-order chi connectivity index (χ1) is 7.42. The van der Waals surface area contributed by atoms with Gasteiger partial charge in [-0.15, -0.1) is 0 Å². The Morgan fingerprint density at radius 3 is 2.33 bits per heavy atom. The lowest BCUT2D eigenvalue weighted by atomic mass is 9.77. The predicted molar refractivity (Wildman–Crippen MR) is 61.4 cm³/mol. The summed E-state index contributed by atoms with van der Waals surface area (Å²) in [4.78, 5) is 0. The fraction of sp³-hybridized carbons (Fsp3) is 0.500. The molecular weight excluding hydrogens is 182 g/mol. The number of hydrogen-bond donors (Lipinski definition) is 0. The maximum atomic E-state index is 9.28. The van der Waals surface area contributed by atoms with Crippen molar-refractivity contribution in [2.75, 3.05) is 0 Å². The standard InChI is InChI=1S/C14H17N/c15-11-14(12-7-3-1-4-8-12)13-9-5-2-6-10-13/h1,3-4,7-8,13-14H,2,5-6,9-10H2/t14-/m0/s1. The van der Waals surface area contributed by atoms with Crippen LogP contribution in [0.5, 0.6) is 0 Å². The molecule has 2 rings (SSSR count). The lowest BCUT2D eigenvalue weighted by Crippen LogP contribution is -2.14. The van der Waals surface area contributed by atoms with Crippen LogP contribution in [0.2, 0.25) is 0 Å². The number of nitrogens with zero attached hydrogens (tertiary/aromatic N) is 1. The molecule has 0 heterocycles. The van der Waals surface area contributed by atoms with Gasteiger partial charge in [0, 0.05) is 0 Å². The molecule has 1 heteroatoms. The molecule has 0 radical (unpaired) electrons. The summed E-state index contributed by atoms with van der Waals surface area (Å²) >= 11 is 0. The summed E-state index contributed by atoms with van der Waals surface area (Å²) in [5, 5.41) is 9.28. The topological polar surface area (TPSA) is 23.8 Å². The zero-order valence-corrected chi connectivity index (χ0v) is 9.02. The molecule has 1 aliphatic carbocycles. The SMILES string of the molecule is N#C[C@@H](c1ccccc1)C1CCCCC1. The first kappa shape index (κ1) is 10.2. The Hall–Kier alpha value is -1.29. The molecule has 0 bridgehead atoms. The number of hydrogen-bond acceptors (Lipinski definition) is 1. The third-order valence-electron chi connectivity index (χ3n) is 3.42. The van der Waals surface area contributed by atoms with Crippen molar-refractivity contribution in [2.45, 2.75) is 38.0 Å². The van der Waals surface area contributed by atoms with Gasteiger partial charge in [0.05, 0.1) is 12.0 Å². The molecule has 78 valence electrons. The van der Waals surface area contributed by atoms with Gasteiger partial charge in [0.25, 0.3) is 0 Å². The van der Waals surface area contributed by atoms with Crippen LogP contribution >= 0.6 is 0 Å². The van der Waals surface area contributed by atoms with Crippen LogP contribution in [0.3, 0.4) is 0 Å². The first-order valence-corrected chi connectivity index (χ1v) is 5.86. The van der Waals surface area contributed by atoms with E-state index in [1.54, 1.807) is 0 Å². The summed E-state index contributed by atoms with van der Waals surface area (Å²) in [6, 6.07) is 12.7. The fourth-order valence-electron chi connectivity index (χ4n) is 2.58. The van der Waals surface area contributed by atoms with Crippen LogP contribution in [0.1, 0.15) is 43.6 Å². The van der Waals surface area contributed by atoms with Gasteiger partial charge in [-0.25, -0.2) is 0 Å². The van der Waals surface area contributed by atoms with Crippen molar-refractivity contribution in [1.29, 1.82) is 5.26 Å². The van der Waals surface area contributed by atoms with Crippen molar-refractivity contribution in [3.63, 3.8) is 0 Å². The molecular formula is C14H17N. The Bertz CT molecular complexity index is 330. The van der Waals surface area contributed by atoms with Gasteiger partial charge >= 0.3 is 0 Å². The molecule has 0 aliphatic heterocycles. The van der Waals surface area contributed by atoms with Crippen molar-refractivity contribution in [3.05, 3.63) is 35.9 Å². The second kappa shape index (κ2) is 4.98. The summed E-state index contributed by atoms with van der Waals surface area (Å²) in [5.74, 6) is 0.706. The Labute approximate surface area is 91.7 Å². The van der Waals surface area contributed by atoms with Gasteiger partial charge in [-0.1, -0.05) is 49.6 Å². The summed E-state index contributed by atoms with van der Waals surface area (Å²) in [6.07, 6.45) is 6.41. The highest BCUT2D eigenvalue weighted by atomic mass is 14.3. The monoisotopic (exact) mass is 199 g/mol. The molecule has 0 spiro atoms. The maximum Gasteiger partial charge on any atom is 0.0740 e. The highest BCUT2D eigenvalue weighted by molar-refractivity contribution is 5.25. The van der Waals surface area contributed by atoms with Crippen molar-refractivity contribution in [1.82, 2.24) is 0 Å². The minimum Gasteiger partial charge on any atom is -0.198 e. The van der Waals surface area contributed by atoms with E-state index < -0.39 is 0 Å². The van der Waals surface area contributed by atoms with E-state index in [1.165, 1.54) is 37.7 Å². The van der Waals surface area contributed by atoms with Crippen LogP contribution in [-0.2, 0) is 0 Å². The molecule has 0 N–H and O–H groups in total. The minimum absolute atomic E-state index is 0.117. The molecule has 0 aromatic heterocycles. The fourth-order valence-corrected chi connectivity index (χ4v) is 2.58. The third-order valence-corrected chi connectivity index (χ3v) is 3.42. The van der Waals surface area contributed by atoms with Crippen LogP contribution in [0, 0.1) is 17.2 Å². The summed E-state index contributed by atoms with van der Waals surface area (Å²) in [7, 11) is 0. The van der Waals surface area contributed by atoms with Gasteiger partial charge in [0.1, 0.15) is 0 Å². The van der Waals surface area contributed by atoms with E-state index in [0.29, 0.717) is 5.92 Å². The normalized spacial score (nSPS) is 19.4. The predicted octanol–water partition coefficient (Wildman–Crippen LogP) is 3.87. The summed E-state index contributed by atoms with van der Waals surface area (Å²) in [5.41, 5.74) is 1.20. The molecule has 1 fully saturated rings. The van der Waals surface area contributed by atoms with Crippen LogP contribution in [0.15, 0.2) is 30.3 Å². The minimum atomic E-state index is 0.117. The third kappa shape index (κ3) is 2.39. The Kier molecular flexibility index (Phi) is 3.40. The zero-order chi connectivity index (χ0) is 10.5. The highest BCUT2D eigenvalue weighted by Crippen LogP contribution is 2.35. The molecule has 1 atom stereocenters. The largest absolute Gasteiger partial charge is 0.198 e. The molecule has 0 saturated heterocycles. The Morgan fingerprint density at radius 2 is 1.73 bits per heavy atom.